The lowest BCUT2D eigenvalue weighted by Crippen LogP contribution is -2.20. The second kappa shape index (κ2) is 5.03. The smallest absolute Gasteiger partial charge is 0.0536 e. The van der Waals surface area contributed by atoms with Crippen LogP contribution in [0.25, 0.3) is 0 Å². The number of hydrogen-bond donors (Lipinski definition) is 1. The lowest BCUT2D eigenvalue weighted by atomic mass is 10.2. The second-order valence-electron chi connectivity index (χ2n) is 3.26. The molecular weight excluding hydrogens is 134 g/mol. The van der Waals surface area contributed by atoms with Crippen LogP contribution in [-0.2, 0) is 0 Å². The van der Waals surface area contributed by atoms with Crippen molar-refractivity contribution in [3.63, 3.8) is 0 Å². The molecule has 0 rings (SSSR count). The van der Waals surface area contributed by atoms with E-state index in [0.717, 1.165) is 6.42 Å². The van der Waals surface area contributed by atoms with Gasteiger partial charge in [0.15, 0.2) is 0 Å². The van der Waals surface area contributed by atoms with Crippen LogP contribution in [0.5, 0.6) is 0 Å². The van der Waals surface area contributed by atoms with Crippen molar-refractivity contribution in [1.29, 1.82) is 0 Å². The molecule has 0 aliphatic carbocycles. The Kier molecular flexibility index (Phi) is 4.72. The van der Waals surface area contributed by atoms with Crippen LogP contribution in [-0.4, -0.2) is 6.04 Å². The lowest BCUT2D eigenvalue weighted by Gasteiger charge is -2.09. The molecule has 0 amide bonds. The maximum Gasteiger partial charge on any atom is 0.0536 e. The Morgan fingerprint density at radius 3 is 2.18 bits per heavy atom. The largest absolute Gasteiger partial charge is 0.380 e. The molecule has 0 saturated carbocycles. The minimum Gasteiger partial charge on any atom is -0.380 e. The monoisotopic (exact) mass is 153 g/mol. The molecule has 0 saturated heterocycles. The molecule has 0 atom stereocenters. The molecule has 0 aromatic heterocycles. The van der Waals surface area contributed by atoms with E-state index >= 15 is 0 Å². The molecule has 0 spiro atoms. The molecule has 0 aliphatic rings. The Labute approximate surface area is 70.2 Å². The van der Waals surface area contributed by atoms with Crippen molar-refractivity contribution in [2.75, 3.05) is 0 Å². The van der Waals surface area contributed by atoms with Gasteiger partial charge in [-0.25, -0.2) is 0 Å². The first-order valence-corrected chi connectivity index (χ1v) is 4.25. The van der Waals surface area contributed by atoms with E-state index in [1.165, 1.54) is 11.3 Å². The van der Waals surface area contributed by atoms with Crippen molar-refractivity contribution >= 4 is 0 Å². The third-order valence-electron chi connectivity index (χ3n) is 1.22. The summed E-state index contributed by atoms with van der Waals surface area (Å²) in [7, 11) is 0. The highest BCUT2D eigenvalue weighted by Crippen LogP contribution is 1.97. The van der Waals surface area contributed by atoms with Gasteiger partial charge in [-0.3, -0.25) is 0 Å². The number of allylic oxidation sites excluding steroid dienone is 1. The van der Waals surface area contributed by atoms with Crippen LogP contribution >= 0.6 is 0 Å². The first-order chi connectivity index (χ1) is 5.06. The van der Waals surface area contributed by atoms with Gasteiger partial charge in [0.25, 0.3) is 0 Å². The quantitative estimate of drug-likeness (QED) is 0.615. The summed E-state index contributed by atoms with van der Waals surface area (Å²) in [6.45, 7) is 10.6. The van der Waals surface area contributed by atoms with E-state index < -0.39 is 0 Å². The van der Waals surface area contributed by atoms with E-state index in [9.17, 15) is 0 Å². The minimum absolute atomic E-state index is 0.511. The Morgan fingerprint density at radius 2 is 1.91 bits per heavy atom. The number of hydrogen-bond acceptors (Lipinski definition) is 1. The molecule has 1 nitrogen and oxygen atoms in total. The zero-order valence-corrected chi connectivity index (χ0v) is 8.28. The average molecular weight is 153 g/mol. The fourth-order valence-electron chi connectivity index (χ4n) is 0.877. The standard InChI is InChI=1S/C10H19N/c1-6-10(7-8(2)3)11-9(4)5/h9,11H,6H2,1-5H3. The molecule has 0 bridgehead atoms. The number of rotatable bonds is 3. The first-order valence-electron chi connectivity index (χ1n) is 4.25. The average Bonchev–Trinajstić information content (AvgIpc) is 1.84. The molecule has 0 unspecified atom stereocenters. The van der Waals surface area contributed by atoms with Crippen LogP contribution in [0.3, 0.4) is 0 Å². The Balaban J connectivity index is 4.30. The van der Waals surface area contributed by atoms with E-state index in [1.54, 1.807) is 0 Å². The van der Waals surface area contributed by atoms with Gasteiger partial charge in [-0.2, -0.15) is 0 Å². The van der Waals surface area contributed by atoms with E-state index in [0.29, 0.717) is 6.04 Å². The Hall–Kier alpha value is -0.680. The van der Waals surface area contributed by atoms with Gasteiger partial charge >= 0.3 is 0 Å². The van der Waals surface area contributed by atoms with Crippen LogP contribution in [0.15, 0.2) is 17.0 Å². The van der Waals surface area contributed by atoms with Gasteiger partial charge in [0, 0.05) is 6.04 Å². The minimum atomic E-state index is 0.511. The molecule has 11 heavy (non-hydrogen) atoms. The van der Waals surface area contributed by atoms with Crippen LogP contribution in [0.2, 0.25) is 0 Å². The Morgan fingerprint density at radius 1 is 1.36 bits per heavy atom. The van der Waals surface area contributed by atoms with Gasteiger partial charge in [0.05, 0.1) is 5.70 Å². The summed E-state index contributed by atoms with van der Waals surface area (Å²) in [5.74, 6) is 0. The summed E-state index contributed by atoms with van der Waals surface area (Å²) < 4.78 is 0. The Bertz CT molecular complexity index is 167. The predicted molar refractivity (Wildman–Crippen MR) is 50.4 cm³/mol. The molecular formula is C10H19N. The van der Waals surface area contributed by atoms with Crippen molar-refractivity contribution in [3.8, 4) is 0 Å². The van der Waals surface area contributed by atoms with Crippen LogP contribution < -0.4 is 5.32 Å². The van der Waals surface area contributed by atoms with Gasteiger partial charge in [0.1, 0.15) is 0 Å². The van der Waals surface area contributed by atoms with Crippen LogP contribution in [0.4, 0.5) is 0 Å². The molecule has 0 aromatic carbocycles. The number of nitrogens with one attached hydrogen (secondary N) is 1. The molecule has 0 heterocycles. The van der Waals surface area contributed by atoms with Crippen molar-refractivity contribution in [1.82, 2.24) is 5.32 Å². The summed E-state index contributed by atoms with van der Waals surface area (Å²) in [5.41, 5.74) is 5.72. The third kappa shape index (κ3) is 5.75. The molecule has 1 heteroatoms. The van der Waals surface area contributed by atoms with Crippen LogP contribution in [0.1, 0.15) is 41.0 Å². The van der Waals surface area contributed by atoms with E-state index in [1.807, 2.05) is 0 Å². The first kappa shape index (κ1) is 10.3. The van der Waals surface area contributed by atoms with Crippen molar-refractivity contribution in [2.45, 2.75) is 47.1 Å². The van der Waals surface area contributed by atoms with Gasteiger partial charge < -0.3 is 5.32 Å². The van der Waals surface area contributed by atoms with E-state index in [2.05, 4.69) is 45.7 Å². The predicted octanol–water partition coefficient (Wildman–Crippen LogP) is 2.84. The highest BCUT2D eigenvalue weighted by atomic mass is 14.9. The molecule has 64 valence electrons. The van der Waals surface area contributed by atoms with Crippen LogP contribution in [0, 0.1) is 0 Å². The highest BCUT2D eigenvalue weighted by Gasteiger charge is 1.93. The maximum atomic E-state index is 3.35. The van der Waals surface area contributed by atoms with Crippen molar-refractivity contribution in [2.24, 2.45) is 0 Å². The zero-order chi connectivity index (χ0) is 8.85. The summed E-state index contributed by atoms with van der Waals surface area (Å²) in [6.07, 6.45) is 1.03. The van der Waals surface area contributed by atoms with Crippen molar-refractivity contribution in [3.05, 3.63) is 17.0 Å². The fourth-order valence-corrected chi connectivity index (χ4v) is 0.877. The molecule has 0 aliphatic heterocycles. The van der Waals surface area contributed by atoms with Crippen molar-refractivity contribution < 1.29 is 0 Å². The third-order valence-corrected chi connectivity index (χ3v) is 1.22. The van der Waals surface area contributed by atoms with Gasteiger partial charge in [-0.05, 0) is 39.7 Å². The normalized spacial score (nSPS) is 9.27. The maximum absolute atomic E-state index is 3.35. The summed E-state index contributed by atoms with van der Waals surface area (Å²) >= 11 is 0. The van der Waals surface area contributed by atoms with Gasteiger partial charge in [-0.15, -0.1) is 5.73 Å². The summed E-state index contributed by atoms with van der Waals surface area (Å²) in [4.78, 5) is 0. The lowest BCUT2D eigenvalue weighted by molar-refractivity contribution is 0.651. The molecule has 1 N–H and O–H groups in total. The molecule has 0 aromatic rings. The topological polar surface area (TPSA) is 12.0 Å². The molecule has 0 radical (unpaired) electrons. The van der Waals surface area contributed by atoms with E-state index in [-0.39, 0.29) is 0 Å². The second-order valence-corrected chi connectivity index (χ2v) is 3.26. The summed E-state index contributed by atoms with van der Waals surface area (Å²) in [6, 6.07) is 0.511. The zero-order valence-electron chi connectivity index (χ0n) is 8.28. The van der Waals surface area contributed by atoms with Gasteiger partial charge in [-0.1, -0.05) is 6.92 Å². The SMILES string of the molecule is CCC(=C=C(C)C)NC(C)C. The summed E-state index contributed by atoms with van der Waals surface area (Å²) in [5, 5.41) is 3.35. The van der Waals surface area contributed by atoms with Gasteiger partial charge in [0.2, 0.25) is 0 Å². The highest BCUT2D eigenvalue weighted by molar-refractivity contribution is 5.04. The molecule has 0 fully saturated rings. The fraction of sp³-hybridized carbons (Fsp3) is 0.700. The van der Waals surface area contributed by atoms with E-state index in [4.69, 9.17) is 0 Å².